The summed E-state index contributed by atoms with van der Waals surface area (Å²) >= 11 is 11.5. The number of aromatic hydroxyl groups is 1. The van der Waals surface area contributed by atoms with Crippen molar-refractivity contribution in [2.75, 3.05) is 0 Å². The van der Waals surface area contributed by atoms with Gasteiger partial charge in [-0.1, -0.05) is 12.1 Å². The minimum absolute atomic E-state index is 0.0735. The fourth-order valence-electron chi connectivity index (χ4n) is 1.19. The molecule has 1 N–H and O–H groups in total. The van der Waals surface area contributed by atoms with Crippen LogP contribution >= 0.6 is 23.2 Å². The number of phenolic OH excluding ortho intramolecular Hbond substituents is 1. The minimum atomic E-state index is -0.740. The summed E-state index contributed by atoms with van der Waals surface area (Å²) in [6.45, 7) is 1.40. The van der Waals surface area contributed by atoms with Crippen LogP contribution in [0.2, 0.25) is 0 Å². The Bertz CT molecular complexity index is 350. The Morgan fingerprint density at radius 2 is 2.21 bits per heavy atom. The number of Topliss-reactive ketones (excluding diaryl/α,β-unsaturated/α-hetero) is 1. The van der Waals surface area contributed by atoms with E-state index in [2.05, 4.69) is 0 Å². The lowest BCUT2D eigenvalue weighted by Gasteiger charge is -2.11. The second-order valence-corrected chi connectivity index (χ2v) is 3.66. The molecule has 0 aliphatic carbocycles. The molecule has 0 bridgehead atoms. The summed E-state index contributed by atoms with van der Waals surface area (Å²) in [5, 5.41) is 8.73. The summed E-state index contributed by atoms with van der Waals surface area (Å²) in [7, 11) is 0. The third-order valence-corrected chi connectivity index (χ3v) is 2.76. The Morgan fingerprint density at radius 1 is 1.57 bits per heavy atom. The Hall–Kier alpha value is -0.730. The maximum absolute atomic E-state index is 11.1. The molecule has 0 aromatic heterocycles. The molecule has 0 spiro atoms. The highest BCUT2D eigenvalue weighted by Gasteiger charge is 2.18. The van der Waals surface area contributed by atoms with E-state index >= 15 is 0 Å². The zero-order valence-corrected chi connectivity index (χ0v) is 9.14. The van der Waals surface area contributed by atoms with Gasteiger partial charge in [0, 0.05) is 5.56 Å². The van der Waals surface area contributed by atoms with Crippen LogP contribution in [0.1, 0.15) is 23.4 Å². The molecule has 1 rings (SSSR count). The van der Waals surface area contributed by atoms with Gasteiger partial charge in [-0.3, -0.25) is 4.79 Å². The number of hydrogen-bond donors (Lipinski definition) is 1. The Morgan fingerprint density at radius 3 is 2.71 bits per heavy atom. The highest BCUT2D eigenvalue weighted by molar-refractivity contribution is 6.31. The van der Waals surface area contributed by atoms with Gasteiger partial charge >= 0.3 is 0 Å². The van der Waals surface area contributed by atoms with Gasteiger partial charge in [0.2, 0.25) is 0 Å². The predicted octanol–water partition coefficient (Wildman–Crippen LogP) is 3.00. The highest BCUT2D eigenvalue weighted by Crippen LogP contribution is 2.31. The summed E-state index contributed by atoms with van der Waals surface area (Å²) in [6, 6.07) is 4.85. The van der Waals surface area contributed by atoms with E-state index < -0.39 is 5.38 Å². The molecule has 1 aromatic rings. The van der Waals surface area contributed by atoms with Crippen LogP contribution in [-0.4, -0.2) is 10.9 Å². The fourth-order valence-corrected chi connectivity index (χ4v) is 1.69. The predicted molar refractivity (Wildman–Crippen MR) is 56.9 cm³/mol. The number of phenols is 1. The molecule has 1 unspecified atom stereocenters. The minimum Gasteiger partial charge on any atom is -0.508 e. The van der Waals surface area contributed by atoms with Gasteiger partial charge in [-0.25, -0.2) is 0 Å². The van der Waals surface area contributed by atoms with Gasteiger partial charge < -0.3 is 5.11 Å². The summed E-state index contributed by atoms with van der Waals surface area (Å²) in [6.07, 6.45) is 0. The molecule has 4 heteroatoms. The Kier molecular flexibility index (Phi) is 3.78. The molecule has 0 aliphatic rings. The number of alkyl halides is 2. The molecule has 0 aliphatic heterocycles. The second-order valence-electron chi connectivity index (χ2n) is 2.95. The van der Waals surface area contributed by atoms with Gasteiger partial charge in [0.15, 0.2) is 5.78 Å². The van der Waals surface area contributed by atoms with E-state index in [-0.39, 0.29) is 17.4 Å². The van der Waals surface area contributed by atoms with E-state index in [0.29, 0.717) is 11.1 Å². The van der Waals surface area contributed by atoms with Crippen LogP contribution in [0.3, 0.4) is 0 Å². The first-order valence-corrected chi connectivity index (χ1v) is 5.06. The van der Waals surface area contributed by atoms with Crippen molar-refractivity contribution in [1.82, 2.24) is 0 Å². The van der Waals surface area contributed by atoms with Crippen LogP contribution < -0.4 is 0 Å². The summed E-state index contributed by atoms with van der Waals surface area (Å²) in [5.41, 5.74) is 1.10. The molecule has 0 saturated carbocycles. The van der Waals surface area contributed by atoms with Crippen molar-refractivity contribution in [2.45, 2.75) is 18.2 Å². The van der Waals surface area contributed by atoms with E-state index in [9.17, 15) is 9.90 Å². The number of benzene rings is 1. The van der Waals surface area contributed by atoms with E-state index in [0.717, 1.165) is 0 Å². The first-order valence-electron chi connectivity index (χ1n) is 4.09. The number of carbonyl (C=O) groups is 1. The van der Waals surface area contributed by atoms with Crippen LogP contribution in [-0.2, 0) is 10.7 Å². The van der Waals surface area contributed by atoms with Gasteiger partial charge in [-0.15, -0.1) is 23.2 Å². The molecule has 0 fully saturated rings. The molecule has 2 nitrogen and oxygen atoms in total. The molecule has 76 valence electrons. The molecule has 1 aromatic carbocycles. The van der Waals surface area contributed by atoms with Crippen molar-refractivity contribution >= 4 is 29.0 Å². The van der Waals surface area contributed by atoms with Gasteiger partial charge in [0.1, 0.15) is 11.1 Å². The fraction of sp³-hybridized carbons (Fsp3) is 0.300. The van der Waals surface area contributed by atoms with Gasteiger partial charge in [-0.05, 0) is 18.6 Å². The maximum atomic E-state index is 11.1. The van der Waals surface area contributed by atoms with E-state index in [1.807, 2.05) is 0 Å². The van der Waals surface area contributed by atoms with Crippen molar-refractivity contribution in [2.24, 2.45) is 0 Å². The van der Waals surface area contributed by atoms with E-state index in [4.69, 9.17) is 23.2 Å². The van der Waals surface area contributed by atoms with Gasteiger partial charge in [0.25, 0.3) is 0 Å². The molecule has 0 radical (unpaired) electrons. The Balaban J connectivity index is 3.20. The zero-order valence-electron chi connectivity index (χ0n) is 7.63. The molecule has 0 saturated heterocycles. The lowest BCUT2D eigenvalue weighted by molar-refractivity contribution is -0.116. The molecular weight excluding hydrogens is 223 g/mol. The molecule has 14 heavy (non-hydrogen) atoms. The summed E-state index contributed by atoms with van der Waals surface area (Å²) in [5.74, 6) is 0.0476. The SMILES string of the molecule is CC(=O)C(Cl)c1cccc(O)c1CCl. The van der Waals surface area contributed by atoms with Crippen molar-refractivity contribution in [3.8, 4) is 5.75 Å². The smallest absolute Gasteiger partial charge is 0.152 e. The van der Waals surface area contributed by atoms with E-state index in [1.54, 1.807) is 12.1 Å². The zero-order chi connectivity index (χ0) is 10.7. The number of carbonyl (C=O) groups excluding carboxylic acids is 1. The lowest BCUT2D eigenvalue weighted by Crippen LogP contribution is -2.04. The van der Waals surface area contributed by atoms with Crippen molar-refractivity contribution < 1.29 is 9.90 Å². The molecule has 0 amide bonds. The number of hydrogen-bond acceptors (Lipinski definition) is 2. The van der Waals surface area contributed by atoms with Crippen molar-refractivity contribution in [1.29, 1.82) is 0 Å². The van der Waals surface area contributed by atoms with Crippen molar-refractivity contribution in [3.63, 3.8) is 0 Å². The van der Waals surface area contributed by atoms with Crippen LogP contribution in [0.25, 0.3) is 0 Å². The van der Waals surface area contributed by atoms with Crippen molar-refractivity contribution in [3.05, 3.63) is 29.3 Å². The number of ketones is 1. The molecular formula is C10H10Cl2O2. The third kappa shape index (κ3) is 2.20. The van der Waals surface area contributed by atoms with Crippen LogP contribution in [0.15, 0.2) is 18.2 Å². The molecule has 1 atom stereocenters. The standard InChI is InChI=1S/C10H10Cl2O2/c1-6(13)10(12)7-3-2-4-9(14)8(7)5-11/h2-4,10,14H,5H2,1H3. The third-order valence-electron chi connectivity index (χ3n) is 1.95. The average Bonchev–Trinajstić information content (AvgIpc) is 2.16. The van der Waals surface area contributed by atoms with Gasteiger partial charge in [0.05, 0.1) is 5.88 Å². The summed E-state index contributed by atoms with van der Waals surface area (Å²) in [4.78, 5) is 11.1. The normalized spacial score (nSPS) is 12.5. The first-order chi connectivity index (χ1) is 6.57. The largest absolute Gasteiger partial charge is 0.508 e. The average molecular weight is 233 g/mol. The van der Waals surface area contributed by atoms with Crippen LogP contribution in [0.5, 0.6) is 5.75 Å². The number of rotatable bonds is 3. The topological polar surface area (TPSA) is 37.3 Å². The highest BCUT2D eigenvalue weighted by atomic mass is 35.5. The summed E-state index contributed by atoms with van der Waals surface area (Å²) < 4.78 is 0. The quantitative estimate of drug-likeness (QED) is 0.814. The monoisotopic (exact) mass is 232 g/mol. The lowest BCUT2D eigenvalue weighted by atomic mass is 10.0. The second kappa shape index (κ2) is 4.67. The first kappa shape index (κ1) is 11.3. The number of halogens is 2. The van der Waals surface area contributed by atoms with Crippen LogP contribution in [0, 0.1) is 0 Å². The Labute approximate surface area is 92.5 Å². The van der Waals surface area contributed by atoms with Crippen LogP contribution in [0.4, 0.5) is 0 Å². The van der Waals surface area contributed by atoms with Gasteiger partial charge in [-0.2, -0.15) is 0 Å². The van der Waals surface area contributed by atoms with E-state index in [1.165, 1.54) is 13.0 Å². The maximum Gasteiger partial charge on any atom is 0.152 e. The molecule has 0 heterocycles.